The molecule has 3 rings (SSSR count). The van der Waals surface area contributed by atoms with Gasteiger partial charge in [-0.1, -0.05) is 17.7 Å². The largest absolute Gasteiger partial charge is 0.493 e. The fourth-order valence-electron chi connectivity index (χ4n) is 3.66. The van der Waals surface area contributed by atoms with Crippen molar-refractivity contribution < 1.29 is 23.5 Å². The van der Waals surface area contributed by atoms with E-state index < -0.39 is 11.3 Å². The number of halogens is 2. The van der Waals surface area contributed by atoms with Crippen molar-refractivity contribution in [2.75, 3.05) is 26.3 Å². The van der Waals surface area contributed by atoms with Gasteiger partial charge in [-0.05, 0) is 55.3 Å². The third-order valence-corrected chi connectivity index (χ3v) is 5.32. The molecular formula is C22H24ClFN2O4. The lowest BCUT2D eigenvalue weighted by Crippen LogP contribution is -2.51. The second-order valence-corrected chi connectivity index (χ2v) is 7.99. The third-order valence-electron chi connectivity index (χ3n) is 5.08. The summed E-state index contributed by atoms with van der Waals surface area (Å²) in [7, 11) is 0. The molecule has 160 valence electrons. The molecule has 1 aliphatic heterocycles. The highest BCUT2D eigenvalue weighted by molar-refractivity contribution is 6.30. The lowest BCUT2D eigenvalue weighted by molar-refractivity contribution is -0.139. The molecule has 0 spiro atoms. The molecular weight excluding hydrogens is 411 g/mol. The number of nitrogens with zero attached hydrogens (tertiary/aromatic N) is 1. The number of amides is 2. The van der Waals surface area contributed by atoms with E-state index in [-0.39, 0.29) is 31.4 Å². The zero-order chi connectivity index (χ0) is 21.6. The maximum Gasteiger partial charge on any atom is 0.260 e. The summed E-state index contributed by atoms with van der Waals surface area (Å²) < 4.78 is 24.4. The van der Waals surface area contributed by atoms with Crippen LogP contribution in [0.15, 0.2) is 48.5 Å². The normalized spacial score (nSPS) is 18.7. The standard InChI is InChI=1S/C22H24ClFN2O4/c23-16-3-1-4-19(11-16)30-15-22(12-20(25)27)9-2-10-26(14-22)21(28)13-29-18-7-5-17(24)6-8-18/h1,3-8,11H,2,9-10,12-15H2,(H2,25,27)/t22-/m0/s1. The predicted octanol–water partition coefficient (Wildman–Crippen LogP) is 3.42. The molecule has 1 saturated heterocycles. The highest BCUT2D eigenvalue weighted by Crippen LogP contribution is 2.34. The van der Waals surface area contributed by atoms with Crippen LogP contribution in [-0.4, -0.2) is 43.0 Å². The molecule has 8 heteroatoms. The predicted molar refractivity (Wildman–Crippen MR) is 111 cm³/mol. The van der Waals surface area contributed by atoms with Crippen molar-refractivity contribution in [1.82, 2.24) is 4.90 Å². The molecule has 30 heavy (non-hydrogen) atoms. The van der Waals surface area contributed by atoms with Crippen molar-refractivity contribution in [3.8, 4) is 11.5 Å². The van der Waals surface area contributed by atoms with Crippen LogP contribution in [0.1, 0.15) is 19.3 Å². The highest BCUT2D eigenvalue weighted by Gasteiger charge is 2.39. The first-order valence-corrected chi connectivity index (χ1v) is 10.1. The molecule has 0 aromatic heterocycles. The van der Waals surface area contributed by atoms with Gasteiger partial charge >= 0.3 is 0 Å². The van der Waals surface area contributed by atoms with Crippen molar-refractivity contribution in [1.29, 1.82) is 0 Å². The molecule has 0 saturated carbocycles. The Morgan fingerprint density at radius 2 is 1.90 bits per heavy atom. The van der Waals surface area contributed by atoms with Crippen LogP contribution >= 0.6 is 11.6 Å². The van der Waals surface area contributed by atoms with Gasteiger partial charge in [0.15, 0.2) is 6.61 Å². The molecule has 1 atom stereocenters. The summed E-state index contributed by atoms with van der Waals surface area (Å²) in [5, 5.41) is 0.551. The van der Waals surface area contributed by atoms with Gasteiger partial charge in [0.05, 0.1) is 6.61 Å². The number of hydrogen-bond acceptors (Lipinski definition) is 4. The van der Waals surface area contributed by atoms with Gasteiger partial charge < -0.3 is 20.1 Å². The minimum atomic E-state index is -0.585. The summed E-state index contributed by atoms with van der Waals surface area (Å²) in [4.78, 5) is 26.1. The monoisotopic (exact) mass is 434 g/mol. The molecule has 1 aliphatic rings. The van der Waals surface area contributed by atoms with Gasteiger partial charge in [0, 0.05) is 29.9 Å². The van der Waals surface area contributed by atoms with Crippen molar-refractivity contribution in [2.45, 2.75) is 19.3 Å². The second-order valence-electron chi connectivity index (χ2n) is 7.55. The number of ether oxygens (including phenoxy) is 2. The third kappa shape index (κ3) is 6.10. The number of nitrogens with two attached hydrogens (primary N) is 1. The number of carbonyl (C=O) groups is 2. The minimum Gasteiger partial charge on any atom is -0.493 e. The van der Waals surface area contributed by atoms with Crippen LogP contribution in [-0.2, 0) is 9.59 Å². The van der Waals surface area contributed by atoms with Crippen LogP contribution in [0.3, 0.4) is 0 Å². The molecule has 1 heterocycles. The second kappa shape index (κ2) is 9.80. The Hall–Kier alpha value is -2.80. The van der Waals surface area contributed by atoms with Crippen LogP contribution in [0.4, 0.5) is 4.39 Å². The van der Waals surface area contributed by atoms with Crippen LogP contribution in [0, 0.1) is 11.2 Å². The van der Waals surface area contributed by atoms with Gasteiger partial charge in [-0.25, -0.2) is 4.39 Å². The number of likely N-dealkylation sites (tertiary alicyclic amines) is 1. The average Bonchev–Trinajstić information content (AvgIpc) is 2.71. The van der Waals surface area contributed by atoms with Gasteiger partial charge in [-0.15, -0.1) is 0 Å². The number of hydrogen-bond donors (Lipinski definition) is 1. The summed E-state index contributed by atoms with van der Waals surface area (Å²) in [5.41, 5.74) is 4.91. The number of piperidine rings is 1. The Morgan fingerprint density at radius 3 is 2.60 bits per heavy atom. The smallest absolute Gasteiger partial charge is 0.260 e. The maximum absolute atomic E-state index is 13.0. The molecule has 0 unspecified atom stereocenters. The number of primary amides is 1. The number of carbonyl (C=O) groups excluding carboxylic acids is 2. The molecule has 2 aromatic carbocycles. The lowest BCUT2D eigenvalue weighted by Gasteiger charge is -2.42. The van der Waals surface area contributed by atoms with E-state index >= 15 is 0 Å². The zero-order valence-electron chi connectivity index (χ0n) is 16.5. The molecule has 0 radical (unpaired) electrons. The summed E-state index contributed by atoms with van der Waals surface area (Å²) in [6.45, 7) is 0.956. The van der Waals surface area contributed by atoms with E-state index in [1.807, 2.05) is 0 Å². The first-order valence-electron chi connectivity index (χ1n) is 9.68. The molecule has 0 bridgehead atoms. The van der Waals surface area contributed by atoms with Gasteiger partial charge in [0.2, 0.25) is 5.91 Å². The van der Waals surface area contributed by atoms with Crippen LogP contribution < -0.4 is 15.2 Å². The molecule has 2 aromatic rings. The number of benzene rings is 2. The van der Waals surface area contributed by atoms with E-state index in [1.54, 1.807) is 29.2 Å². The van der Waals surface area contributed by atoms with Gasteiger partial charge in [-0.3, -0.25) is 9.59 Å². The van der Waals surface area contributed by atoms with Crippen LogP contribution in [0.2, 0.25) is 5.02 Å². The Morgan fingerprint density at radius 1 is 1.13 bits per heavy atom. The van der Waals surface area contributed by atoms with E-state index in [1.165, 1.54) is 24.3 Å². The summed E-state index contributed by atoms with van der Waals surface area (Å²) in [5.74, 6) is -0.0262. The van der Waals surface area contributed by atoms with E-state index in [0.717, 1.165) is 0 Å². The van der Waals surface area contributed by atoms with Crippen molar-refractivity contribution in [3.63, 3.8) is 0 Å². The van der Waals surface area contributed by atoms with E-state index in [2.05, 4.69) is 0 Å². The van der Waals surface area contributed by atoms with Gasteiger partial charge in [0.25, 0.3) is 5.91 Å². The molecule has 6 nitrogen and oxygen atoms in total. The first-order chi connectivity index (χ1) is 14.3. The van der Waals surface area contributed by atoms with Crippen LogP contribution in [0.25, 0.3) is 0 Å². The minimum absolute atomic E-state index is 0.107. The van der Waals surface area contributed by atoms with E-state index in [4.69, 9.17) is 26.8 Å². The first kappa shape index (κ1) is 21.9. The maximum atomic E-state index is 13.0. The summed E-state index contributed by atoms with van der Waals surface area (Å²) in [6, 6.07) is 12.5. The Kier molecular flexibility index (Phi) is 7.15. The quantitative estimate of drug-likeness (QED) is 0.690. The SMILES string of the molecule is NC(=O)C[C@@]1(COc2cccc(Cl)c2)CCCN(C(=O)COc2ccc(F)cc2)C1. The molecule has 2 amide bonds. The average molecular weight is 435 g/mol. The van der Waals surface area contributed by atoms with Gasteiger partial charge in [0.1, 0.15) is 17.3 Å². The summed E-state index contributed by atoms with van der Waals surface area (Å²) in [6.07, 6.45) is 1.53. The van der Waals surface area contributed by atoms with Crippen molar-refractivity contribution in [3.05, 3.63) is 59.4 Å². The lowest BCUT2D eigenvalue weighted by atomic mass is 9.77. The Balaban J connectivity index is 1.64. The summed E-state index contributed by atoms with van der Waals surface area (Å²) >= 11 is 6.00. The fraction of sp³-hybridized carbons (Fsp3) is 0.364. The Bertz CT molecular complexity index is 893. The van der Waals surface area contributed by atoms with Crippen molar-refractivity contribution in [2.24, 2.45) is 11.1 Å². The van der Waals surface area contributed by atoms with E-state index in [9.17, 15) is 14.0 Å². The van der Waals surface area contributed by atoms with Crippen molar-refractivity contribution >= 4 is 23.4 Å². The zero-order valence-corrected chi connectivity index (χ0v) is 17.2. The number of rotatable bonds is 8. The van der Waals surface area contributed by atoms with E-state index in [0.29, 0.717) is 42.5 Å². The fourth-order valence-corrected chi connectivity index (χ4v) is 3.84. The van der Waals surface area contributed by atoms with Gasteiger partial charge in [-0.2, -0.15) is 0 Å². The molecule has 0 aliphatic carbocycles. The van der Waals surface area contributed by atoms with Crippen LogP contribution in [0.5, 0.6) is 11.5 Å². The highest BCUT2D eigenvalue weighted by atomic mass is 35.5. The Labute approximate surface area is 179 Å². The molecule has 1 fully saturated rings. The topological polar surface area (TPSA) is 81.9 Å². The molecule has 2 N–H and O–H groups in total.